The molecule has 0 unspecified atom stereocenters. The van der Waals surface area contributed by atoms with Crippen molar-refractivity contribution in [3.63, 3.8) is 0 Å². The van der Waals surface area contributed by atoms with Crippen LogP contribution in [0.15, 0.2) is 48.5 Å². The third-order valence-corrected chi connectivity index (χ3v) is 5.20. The van der Waals surface area contributed by atoms with E-state index in [1.165, 1.54) is 0 Å². The van der Waals surface area contributed by atoms with Crippen LogP contribution < -0.4 is 9.47 Å². The van der Waals surface area contributed by atoms with E-state index in [2.05, 4.69) is 0 Å². The number of rotatable bonds is 8. The highest BCUT2D eigenvalue weighted by Gasteiger charge is 2.24. The lowest BCUT2D eigenvalue weighted by Gasteiger charge is -2.35. The standard InChI is InChI=1S/C23H27ClN2O4/c1-2-29-20-6-3-4-7-21(20)30-17-5-8-22(27)25-13-15-26(16-14-25)23(28)18-9-11-19(24)12-10-18/h3-4,6-7,9-12H,2,5,8,13-17H2,1H3. The summed E-state index contributed by atoms with van der Waals surface area (Å²) in [7, 11) is 0. The Morgan fingerprint density at radius 2 is 1.50 bits per heavy atom. The molecule has 30 heavy (non-hydrogen) atoms. The second-order valence-electron chi connectivity index (χ2n) is 7.01. The second kappa shape index (κ2) is 10.9. The van der Waals surface area contributed by atoms with Crippen molar-refractivity contribution in [3.05, 3.63) is 59.1 Å². The van der Waals surface area contributed by atoms with Crippen LogP contribution in [0.2, 0.25) is 5.02 Å². The average Bonchev–Trinajstić information content (AvgIpc) is 2.78. The van der Waals surface area contributed by atoms with E-state index >= 15 is 0 Å². The van der Waals surface area contributed by atoms with Gasteiger partial charge in [0.1, 0.15) is 0 Å². The van der Waals surface area contributed by atoms with Crippen LogP contribution in [-0.4, -0.2) is 61.0 Å². The van der Waals surface area contributed by atoms with E-state index in [9.17, 15) is 9.59 Å². The number of benzene rings is 2. The number of carbonyl (C=O) groups excluding carboxylic acids is 2. The molecular formula is C23H27ClN2O4. The van der Waals surface area contributed by atoms with Crippen LogP contribution in [0.1, 0.15) is 30.1 Å². The summed E-state index contributed by atoms with van der Waals surface area (Å²) in [6.07, 6.45) is 1.05. The Morgan fingerprint density at radius 3 is 2.13 bits per heavy atom. The maximum Gasteiger partial charge on any atom is 0.253 e. The SMILES string of the molecule is CCOc1ccccc1OCCCC(=O)N1CCN(C(=O)c2ccc(Cl)cc2)CC1. The molecule has 0 aliphatic carbocycles. The van der Waals surface area contributed by atoms with Gasteiger partial charge in [0.2, 0.25) is 5.91 Å². The number of nitrogens with zero attached hydrogens (tertiary/aromatic N) is 2. The highest BCUT2D eigenvalue weighted by atomic mass is 35.5. The Labute approximate surface area is 182 Å². The van der Waals surface area contributed by atoms with Crippen LogP contribution in [0, 0.1) is 0 Å². The van der Waals surface area contributed by atoms with Crippen LogP contribution in [0.4, 0.5) is 0 Å². The van der Waals surface area contributed by atoms with Gasteiger partial charge < -0.3 is 19.3 Å². The molecule has 3 rings (SSSR count). The summed E-state index contributed by atoms with van der Waals surface area (Å²) in [6.45, 7) is 5.11. The van der Waals surface area contributed by atoms with Gasteiger partial charge in [0.05, 0.1) is 13.2 Å². The summed E-state index contributed by atoms with van der Waals surface area (Å²) >= 11 is 5.88. The molecule has 160 valence electrons. The fourth-order valence-corrected chi connectivity index (χ4v) is 3.47. The lowest BCUT2D eigenvalue weighted by Crippen LogP contribution is -2.50. The van der Waals surface area contributed by atoms with E-state index in [1.54, 1.807) is 29.2 Å². The first kappa shape index (κ1) is 22.0. The zero-order valence-corrected chi connectivity index (χ0v) is 17.9. The molecule has 2 aromatic rings. The highest BCUT2D eigenvalue weighted by Crippen LogP contribution is 2.26. The lowest BCUT2D eigenvalue weighted by atomic mass is 10.1. The monoisotopic (exact) mass is 430 g/mol. The Balaban J connectivity index is 1.39. The minimum atomic E-state index is -0.0277. The summed E-state index contributed by atoms with van der Waals surface area (Å²) in [4.78, 5) is 28.6. The first-order valence-electron chi connectivity index (χ1n) is 10.3. The molecule has 0 aromatic heterocycles. The largest absolute Gasteiger partial charge is 0.490 e. The molecule has 1 aliphatic rings. The normalized spacial score (nSPS) is 13.8. The third kappa shape index (κ3) is 5.89. The molecule has 0 saturated carbocycles. The first-order chi connectivity index (χ1) is 14.6. The second-order valence-corrected chi connectivity index (χ2v) is 7.45. The molecule has 0 radical (unpaired) electrons. The summed E-state index contributed by atoms with van der Waals surface area (Å²) in [5.41, 5.74) is 0.614. The average molecular weight is 431 g/mol. The van der Waals surface area contributed by atoms with E-state index in [1.807, 2.05) is 36.1 Å². The molecular weight excluding hydrogens is 404 g/mol. The summed E-state index contributed by atoms with van der Waals surface area (Å²) < 4.78 is 11.3. The maximum absolute atomic E-state index is 12.6. The molecule has 7 heteroatoms. The lowest BCUT2D eigenvalue weighted by molar-refractivity contribution is -0.132. The van der Waals surface area contributed by atoms with Crippen molar-refractivity contribution >= 4 is 23.4 Å². The number of ether oxygens (including phenoxy) is 2. The Kier molecular flexibility index (Phi) is 7.97. The number of halogens is 1. The number of piperazine rings is 1. The van der Waals surface area contributed by atoms with Crippen molar-refractivity contribution in [1.82, 2.24) is 9.80 Å². The van der Waals surface area contributed by atoms with Crippen molar-refractivity contribution in [2.45, 2.75) is 19.8 Å². The molecule has 0 bridgehead atoms. The summed E-state index contributed by atoms with van der Waals surface area (Å²) in [6, 6.07) is 14.4. The first-order valence-corrected chi connectivity index (χ1v) is 10.6. The quantitative estimate of drug-likeness (QED) is 0.596. The van der Waals surface area contributed by atoms with Crippen molar-refractivity contribution < 1.29 is 19.1 Å². The zero-order valence-electron chi connectivity index (χ0n) is 17.2. The van der Waals surface area contributed by atoms with E-state index in [4.69, 9.17) is 21.1 Å². The third-order valence-electron chi connectivity index (χ3n) is 4.95. The number of hydrogen-bond donors (Lipinski definition) is 0. The molecule has 0 spiro atoms. The molecule has 1 saturated heterocycles. The predicted octanol–water partition coefficient (Wildman–Crippen LogP) is 3.88. The highest BCUT2D eigenvalue weighted by molar-refractivity contribution is 6.30. The van der Waals surface area contributed by atoms with Crippen molar-refractivity contribution in [1.29, 1.82) is 0 Å². The predicted molar refractivity (Wildman–Crippen MR) is 116 cm³/mol. The van der Waals surface area contributed by atoms with Gasteiger partial charge in [-0.05, 0) is 49.7 Å². The van der Waals surface area contributed by atoms with Crippen LogP contribution in [0.5, 0.6) is 11.5 Å². The number of para-hydroxylation sites is 2. The molecule has 2 amide bonds. The van der Waals surface area contributed by atoms with Crippen LogP contribution in [0.3, 0.4) is 0 Å². The number of carbonyl (C=O) groups is 2. The Bertz CT molecular complexity index is 849. The fraction of sp³-hybridized carbons (Fsp3) is 0.391. The topological polar surface area (TPSA) is 59.1 Å². The molecule has 0 atom stereocenters. The molecule has 0 N–H and O–H groups in total. The van der Waals surface area contributed by atoms with Gasteiger partial charge >= 0.3 is 0 Å². The Hall–Kier alpha value is -2.73. The van der Waals surface area contributed by atoms with Crippen molar-refractivity contribution in [3.8, 4) is 11.5 Å². The molecule has 1 heterocycles. The van der Waals surface area contributed by atoms with E-state index < -0.39 is 0 Å². The fourth-order valence-electron chi connectivity index (χ4n) is 3.34. The number of amides is 2. The van der Waals surface area contributed by atoms with E-state index in [-0.39, 0.29) is 11.8 Å². The Morgan fingerprint density at radius 1 is 0.900 bits per heavy atom. The van der Waals surface area contributed by atoms with Crippen molar-refractivity contribution in [2.24, 2.45) is 0 Å². The van der Waals surface area contributed by atoms with Gasteiger partial charge in [-0.1, -0.05) is 23.7 Å². The van der Waals surface area contributed by atoms with Gasteiger partial charge in [-0.15, -0.1) is 0 Å². The minimum absolute atomic E-state index is 0.0277. The summed E-state index contributed by atoms with van der Waals surface area (Å²) in [5.74, 6) is 1.48. The van der Waals surface area contributed by atoms with Gasteiger partial charge in [0.25, 0.3) is 5.91 Å². The van der Waals surface area contributed by atoms with Crippen LogP contribution in [-0.2, 0) is 4.79 Å². The molecule has 1 aliphatic heterocycles. The van der Waals surface area contributed by atoms with Gasteiger partial charge in [0, 0.05) is 43.2 Å². The smallest absolute Gasteiger partial charge is 0.253 e. The van der Waals surface area contributed by atoms with Crippen LogP contribution >= 0.6 is 11.6 Å². The van der Waals surface area contributed by atoms with Crippen molar-refractivity contribution in [2.75, 3.05) is 39.4 Å². The minimum Gasteiger partial charge on any atom is -0.490 e. The molecule has 1 fully saturated rings. The molecule has 6 nitrogen and oxygen atoms in total. The van der Waals surface area contributed by atoms with Gasteiger partial charge in [-0.25, -0.2) is 0 Å². The van der Waals surface area contributed by atoms with E-state index in [0.29, 0.717) is 74.3 Å². The number of hydrogen-bond acceptors (Lipinski definition) is 4. The maximum atomic E-state index is 12.6. The van der Waals surface area contributed by atoms with Gasteiger partial charge in [0.15, 0.2) is 11.5 Å². The van der Waals surface area contributed by atoms with E-state index in [0.717, 1.165) is 0 Å². The molecule has 2 aromatic carbocycles. The summed E-state index contributed by atoms with van der Waals surface area (Å²) in [5, 5.41) is 0.604. The van der Waals surface area contributed by atoms with Gasteiger partial charge in [-0.3, -0.25) is 9.59 Å². The van der Waals surface area contributed by atoms with Crippen LogP contribution in [0.25, 0.3) is 0 Å². The van der Waals surface area contributed by atoms with Gasteiger partial charge in [-0.2, -0.15) is 0 Å². The zero-order chi connectivity index (χ0) is 21.3.